The van der Waals surface area contributed by atoms with Crippen LogP contribution in [0.5, 0.6) is 0 Å². The molecule has 1 saturated heterocycles. The molecule has 32 heavy (non-hydrogen) atoms. The molecule has 6 nitrogen and oxygen atoms in total. The van der Waals surface area contributed by atoms with E-state index >= 15 is 4.39 Å². The summed E-state index contributed by atoms with van der Waals surface area (Å²) in [5.74, 6) is 1.63. The first-order valence-electron chi connectivity index (χ1n) is 11.8. The smallest absolute Gasteiger partial charge is 0.175 e. The number of para-hydroxylation sites is 1. The number of halogens is 1. The van der Waals surface area contributed by atoms with Crippen LogP contribution in [0.1, 0.15) is 56.0 Å². The summed E-state index contributed by atoms with van der Waals surface area (Å²) >= 11 is 0. The van der Waals surface area contributed by atoms with Crippen LogP contribution in [0.15, 0.2) is 24.4 Å². The number of rotatable bonds is 4. The second kappa shape index (κ2) is 6.38. The molecule has 3 atom stereocenters. The van der Waals surface area contributed by atoms with E-state index in [1.165, 1.54) is 0 Å². The molecule has 0 radical (unpaired) electrons. The van der Waals surface area contributed by atoms with E-state index in [4.69, 9.17) is 10.1 Å². The van der Waals surface area contributed by atoms with Crippen LogP contribution in [0.3, 0.4) is 0 Å². The quantitative estimate of drug-likeness (QED) is 0.517. The topological polar surface area (TPSA) is 60.6 Å². The molecule has 3 aliphatic rings. The molecule has 4 aromatic rings. The molecule has 0 amide bonds. The Balaban J connectivity index is 1.54. The van der Waals surface area contributed by atoms with Crippen LogP contribution in [0.4, 0.5) is 4.39 Å². The lowest BCUT2D eigenvalue weighted by atomic mass is 9.98. The number of aryl methyl sites for hydroxylation is 1. The van der Waals surface area contributed by atoms with Gasteiger partial charge in [-0.15, -0.1) is 0 Å². The van der Waals surface area contributed by atoms with Crippen LogP contribution in [0, 0.1) is 17.7 Å². The molecule has 164 valence electrons. The molecule has 3 fully saturated rings. The number of hydrogen-bond acceptors (Lipinski definition) is 4. The van der Waals surface area contributed by atoms with Gasteiger partial charge in [0.05, 0.1) is 29.1 Å². The molecule has 7 rings (SSSR count). The molecule has 1 unspecified atom stereocenters. The van der Waals surface area contributed by atoms with Gasteiger partial charge in [-0.3, -0.25) is 9.36 Å². The highest BCUT2D eigenvalue weighted by atomic mass is 19.1. The first-order valence-corrected chi connectivity index (χ1v) is 11.8. The Bertz CT molecular complexity index is 1380. The van der Waals surface area contributed by atoms with Gasteiger partial charge in [0.15, 0.2) is 5.82 Å². The maximum Gasteiger partial charge on any atom is 0.175 e. The van der Waals surface area contributed by atoms with Crippen molar-refractivity contribution in [1.82, 2.24) is 29.9 Å². The van der Waals surface area contributed by atoms with Crippen molar-refractivity contribution in [3.63, 3.8) is 0 Å². The Morgan fingerprint density at radius 3 is 2.62 bits per heavy atom. The van der Waals surface area contributed by atoms with E-state index in [0.717, 1.165) is 59.2 Å². The van der Waals surface area contributed by atoms with Gasteiger partial charge in [0.1, 0.15) is 11.2 Å². The molecule has 0 bridgehead atoms. The predicted octanol–water partition coefficient (Wildman–Crippen LogP) is 4.52. The second-order valence-electron chi connectivity index (χ2n) is 10.1. The minimum atomic E-state index is -0.243. The predicted molar refractivity (Wildman–Crippen MR) is 122 cm³/mol. The molecule has 2 saturated carbocycles. The molecule has 0 spiro atoms. The van der Waals surface area contributed by atoms with Gasteiger partial charge in [-0.2, -0.15) is 10.2 Å². The second-order valence-corrected chi connectivity index (χ2v) is 10.1. The Labute approximate surface area is 185 Å². The van der Waals surface area contributed by atoms with Crippen molar-refractivity contribution in [2.45, 2.75) is 44.6 Å². The van der Waals surface area contributed by atoms with Crippen molar-refractivity contribution >= 4 is 21.8 Å². The van der Waals surface area contributed by atoms with Crippen molar-refractivity contribution in [2.75, 3.05) is 13.1 Å². The highest BCUT2D eigenvalue weighted by Crippen LogP contribution is 2.58. The fourth-order valence-corrected chi connectivity index (χ4v) is 5.91. The lowest BCUT2D eigenvalue weighted by molar-refractivity contribution is 0.593. The Morgan fingerprint density at radius 2 is 1.91 bits per heavy atom. The molecular weight excluding hydrogens is 403 g/mol. The highest BCUT2D eigenvalue weighted by Gasteiger charge is 2.56. The summed E-state index contributed by atoms with van der Waals surface area (Å²) in [7, 11) is 1.90. The summed E-state index contributed by atoms with van der Waals surface area (Å²) in [5.41, 5.74) is 4.84. The molecule has 7 heteroatoms. The Kier molecular flexibility index (Phi) is 3.73. The van der Waals surface area contributed by atoms with Crippen molar-refractivity contribution in [1.29, 1.82) is 0 Å². The van der Waals surface area contributed by atoms with Gasteiger partial charge in [0.2, 0.25) is 0 Å². The molecule has 2 aliphatic carbocycles. The number of nitrogens with zero attached hydrogens (tertiary/aromatic N) is 5. The monoisotopic (exact) mass is 430 g/mol. The number of fused-ring (bicyclic) bond motifs is 3. The van der Waals surface area contributed by atoms with E-state index in [-0.39, 0.29) is 11.7 Å². The zero-order chi connectivity index (χ0) is 21.7. The van der Waals surface area contributed by atoms with Crippen LogP contribution >= 0.6 is 0 Å². The molecule has 3 aromatic heterocycles. The lowest BCUT2D eigenvalue weighted by Gasteiger charge is -2.14. The van der Waals surface area contributed by atoms with Gasteiger partial charge < -0.3 is 5.32 Å². The minimum absolute atomic E-state index is 0.176. The molecule has 1 N–H and O–H groups in total. The number of hydrogen-bond donors (Lipinski definition) is 1. The normalized spacial score (nSPS) is 24.7. The third-order valence-electron chi connectivity index (χ3n) is 7.70. The molecule has 1 aromatic carbocycles. The number of piperidine rings is 1. The van der Waals surface area contributed by atoms with E-state index in [1.54, 1.807) is 0 Å². The van der Waals surface area contributed by atoms with Crippen molar-refractivity contribution in [3.8, 4) is 11.3 Å². The third-order valence-corrected chi connectivity index (χ3v) is 7.70. The Morgan fingerprint density at radius 1 is 1.12 bits per heavy atom. The van der Waals surface area contributed by atoms with Crippen LogP contribution in [0.25, 0.3) is 33.1 Å². The van der Waals surface area contributed by atoms with Gasteiger partial charge in [-0.05, 0) is 43.7 Å². The van der Waals surface area contributed by atoms with E-state index < -0.39 is 0 Å². The van der Waals surface area contributed by atoms with Crippen LogP contribution in [-0.2, 0) is 7.05 Å². The van der Waals surface area contributed by atoms with Gasteiger partial charge in [0.25, 0.3) is 0 Å². The van der Waals surface area contributed by atoms with Crippen LogP contribution < -0.4 is 5.32 Å². The average molecular weight is 431 g/mol. The summed E-state index contributed by atoms with van der Waals surface area (Å²) in [6, 6.07) is 6.24. The molecular formula is C25H27FN6. The first kappa shape index (κ1) is 18.7. The van der Waals surface area contributed by atoms with Crippen molar-refractivity contribution in [2.24, 2.45) is 18.9 Å². The maximum absolute atomic E-state index is 16.4. The zero-order valence-corrected chi connectivity index (χ0v) is 18.6. The first-order chi connectivity index (χ1) is 15.5. The lowest BCUT2D eigenvalue weighted by Crippen LogP contribution is -2.14. The van der Waals surface area contributed by atoms with Crippen LogP contribution in [0.2, 0.25) is 0 Å². The summed E-state index contributed by atoms with van der Waals surface area (Å²) in [4.78, 5) is 5.01. The van der Waals surface area contributed by atoms with Gasteiger partial charge in [-0.25, -0.2) is 9.37 Å². The minimum Gasteiger partial charge on any atom is -0.316 e. The van der Waals surface area contributed by atoms with Gasteiger partial charge in [-0.1, -0.05) is 32.0 Å². The highest BCUT2D eigenvalue weighted by molar-refractivity contribution is 5.96. The summed E-state index contributed by atoms with van der Waals surface area (Å²) < 4.78 is 20.2. The van der Waals surface area contributed by atoms with Crippen molar-refractivity contribution < 1.29 is 4.39 Å². The number of nitrogens with one attached hydrogen (secondary N) is 1. The van der Waals surface area contributed by atoms with E-state index in [2.05, 4.69) is 24.3 Å². The standard InChI is InChI=1S/C25H27FN6/c1-12(2)21-19-23(18-16-10-27-11-17(16)18)30-32(14-7-8-14)25(19)20(26)22(29-21)15-6-4-5-13-9-28-31(3)24(13)15/h4-6,9,12,14,16-18,27H,7-8,10-11H2,1-3H3/t16-,17+,18?. The summed E-state index contributed by atoms with van der Waals surface area (Å²) in [6.07, 6.45) is 3.96. The molecule has 1 aliphatic heterocycles. The maximum atomic E-state index is 16.4. The largest absolute Gasteiger partial charge is 0.316 e. The summed E-state index contributed by atoms with van der Waals surface area (Å²) in [5, 5.41) is 14.9. The number of pyridine rings is 1. The fourth-order valence-electron chi connectivity index (χ4n) is 5.91. The number of aromatic nitrogens is 5. The van der Waals surface area contributed by atoms with Gasteiger partial charge in [0, 0.05) is 29.3 Å². The van der Waals surface area contributed by atoms with E-state index in [0.29, 0.717) is 35.0 Å². The van der Waals surface area contributed by atoms with Crippen LogP contribution in [-0.4, -0.2) is 37.6 Å². The molecule has 4 heterocycles. The third kappa shape index (κ3) is 2.46. The average Bonchev–Trinajstić information content (AvgIpc) is 3.59. The van der Waals surface area contributed by atoms with E-state index in [1.807, 2.05) is 40.8 Å². The van der Waals surface area contributed by atoms with Crippen molar-refractivity contribution in [3.05, 3.63) is 41.6 Å². The van der Waals surface area contributed by atoms with E-state index in [9.17, 15) is 0 Å². The fraction of sp³-hybridized carbons (Fsp3) is 0.480. The van der Waals surface area contributed by atoms with Gasteiger partial charge >= 0.3 is 0 Å². The zero-order valence-electron chi connectivity index (χ0n) is 18.6. The number of benzene rings is 1. The summed E-state index contributed by atoms with van der Waals surface area (Å²) in [6.45, 7) is 6.39. The SMILES string of the molecule is CC(C)c1nc(-c2cccc3cnn(C)c23)c(F)c2c1c(C1[C@H]3CNC[C@@H]13)nn2C1CC1. The Hall–Kier alpha value is -2.80.